The number of anilines is 1. The number of methoxy groups -OCH3 is 2. The summed E-state index contributed by atoms with van der Waals surface area (Å²) < 4.78 is 15.4. The van der Waals surface area contributed by atoms with Crippen LogP contribution in [0, 0.1) is 0 Å². The van der Waals surface area contributed by atoms with Crippen LogP contribution in [0.1, 0.15) is 35.1 Å². The molecule has 0 saturated heterocycles. The molecule has 2 aromatic rings. The molecule has 1 amide bonds. The number of hydrogen-bond donors (Lipinski definition) is 1. The maximum absolute atomic E-state index is 12.6. The van der Waals surface area contributed by atoms with Gasteiger partial charge in [0.25, 0.3) is 5.91 Å². The second kappa shape index (κ2) is 8.89. The van der Waals surface area contributed by atoms with Crippen LogP contribution in [0.25, 0.3) is 0 Å². The molecular formula is C15H20Cl2N4O4. The number of aromatic nitrogens is 2. The summed E-state index contributed by atoms with van der Waals surface area (Å²) in [6.07, 6.45) is -0.292. The van der Waals surface area contributed by atoms with Crippen LogP contribution >= 0.6 is 24.0 Å². The van der Waals surface area contributed by atoms with Gasteiger partial charge in [-0.3, -0.25) is 4.79 Å². The maximum atomic E-state index is 12.6. The average Bonchev–Trinajstić information content (AvgIpc) is 3.03. The van der Waals surface area contributed by atoms with Gasteiger partial charge in [-0.25, -0.2) is 0 Å². The number of nitrogen functional groups attached to an aromatic ring is 1. The lowest BCUT2D eigenvalue weighted by molar-refractivity contribution is 0.0766. The topological polar surface area (TPSA) is 104 Å². The van der Waals surface area contributed by atoms with Crippen LogP contribution in [-0.2, 0) is 11.3 Å². The van der Waals surface area contributed by atoms with Crippen molar-refractivity contribution >= 4 is 35.6 Å². The minimum absolute atomic E-state index is 0. The number of rotatable bonds is 6. The summed E-state index contributed by atoms with van der Waals surface area (Å²) in [7, 11) is 4.61. The molecule has 0 aliphatic carbocycles. The minimum Gasteiger partial charge on any atom is -0.496 e. The maximum Gasteiger partial charge on any atom is 0.257 e. The molecular weight excluding hydrogens is 371 g/mol. The predicted octanol–water partition coefficient (Wildman–Crippen LogP) is 2.72. The summed E-state index contributed by atoms with van der Waals surface area (Å²) in [5.41, 5.74) is 6.36. The number of carbonyl (C=O) groups is 1. The van der Waals surface area contributed by atoms with Crippen molar-refractivity contribution in [1.29, 1.82) is 0 Å². The van der Waals surface area contributed by atoms with Crippen LogP contribution < -0.4 is 10.5 Å². The summed E-state index contributed by atoms with van der Waals surface area (Å²) in [5.74, 6) is 0.744. The van der Waals surface area contributed by atoms with Crippen LogP contribution in [0.3, 0.4) is 0 Å². The van der Waals surface area contributed by atoms with E-state index in [1.807, 2.05) is 0 Å². The van der Waals surface area contributed by atoms with E-state index in [1.165, 1.54) is 24.1 Å². The van der Waals surface area contributed by atoms with Gasteiger partial charge in [0.2, 0.25) is 5.89 Å². The van der Waals surface area contributed by atoms with Crippen molar-refractivity contribution in [3.05, 3.63) is 34.4 Å². The van der Waals surface area contributed by atoms with Crippen molar-refractivity contribution < 1.29 is 18.8 Å². The Hall–Kier alpha value is -2.03. The van der Waals surface area contributed by atoms with Gasteiger partial charge in [0, 0.05) is 20.2 Å². The summed E-state index contributed by atoms with van der Waals surface area (Å²) in [6, 6.07) is 2.98. The van der Waals surface area contributed by atoms with Gasteiger partial charge in [-0.1, -0.05) is 16.8 Å². The fourth-order valence-corrected chi connectivity index (χ4v) is 2.15. The number of hydrogen-bond acceptors (Lipinski definition) is 7. The number of ether oxygens (including phenoxy) is 2. The first-order valence-corrected chi connectivity index (χ1v) is 7.48. The molecule has 1 heterocycles. The third kappa shape index (κ3) is 4.75. The quantitative estimate of drug-likeness (QED) is 0.755. The molecule has 10 heteroatoms. The van der Waals surface area contributed by atoms with Gasteiger partial charge in [0.15, 0.2) is 5.82 Å². The molecule has 0 spiro atoms. The van der Waals surface area contributed by atoms with Gasteiger partial charge in [-0.15, -0.1) is 12.4 Å². The lowest BCUT2D eigenvalue weighted by Gasteiger charge is -2.17. The number of carbonyl (C=O) groups excluding carboxylic acids is 1. The summed E-state index contributed by atoms with van der Waals surface area (Å²) in [6.45, 7) is 1.93. The minimum atomic E-state index is -0.312. The van der Waals surface area contributed by atoms with E-state index < -0.39 is 0 Å². The zero-order valence-corrected chi connectivity index (χ0v) is 15.8. The number of amides is 1. The zero-order chi connectivity index (χ0) is 17.9. The second-order valence-electron chi connectivity index (χ2n) is 5.16. The van der Waals surface area contributed by atoms with Crippen LogP contribution in [0.4, 0.5) is 5.69 Å². The second-order valence-corrected chi connectivity index (χ2v) is 5.57. The number of halogens is 2. The van der Waals surface area contributed by atoms with Gasteiger partial charge in [-0.05, 0) is 13.0 Å². The van der Waals surface area contributed by atoms with E-state index in [9.17, 15) is 4.79 Å². The lowest BCUT2D eigenvalue weighted by Crippen LogP contribution is -2.27. The first-order chi connectivity index (χ1) is 11.4. The summed E-state index contributed by atoms with van der Waals surface area (Å²) in [4.78, 5) is 18.2. The molecule has 0 aliphatic heterocycles. The van der Waals surface area contributed by atoms with Crippen molar-refractivity contribution in [2.75, 3.05) is 27.0 Å². The smallest absolute Gasteiger partial charge is 0.257 e. The van der Waals surface area contributed by atoms with Crippen LogP contribution in [0.5, 0.6) is 5.75 Å². The Kier molecular flexibility index (Phi) is 7.47. The SMILES string of the molecule is COc1cc(N)c(Cl)cc1C(=O)N(C)Cc1nc(C(C)OC)no1.Cl. The molecule has 2 rings (SSSR count). The van der Waals surface area contributed by atoms with E-state index in [4.69, 9.17) is 31.3 Å². The Labute approximate surface area is 156 Å². The zero-order valence-electron chi connectivity index (χ0n) is 14.3. The molecule has 0 fully saturated rings. The fourth-order valence-electron chi connectivity index (χ4n) is 1.99. The van der Waals surface area contributed by atoms with E-state index in [2.05, 4.69) is 10.1 Å². The van der Waals surface area contributed by atoms with E-state index in [0.29, 0.717) is 28.7 Å². The highest BCUT2D eigenvalue weighted by Gasteiger charge is 2.21. The molecule has 1 aromatic heterocycles. The van der Waals surface area contributed by atoms with Gasteiger partial charge in [0.1, 0.15) is 11.9 Å². The van der Waals surface area contributed by atoms with Crippen LogP contribution in [0.15, 0.2) is 16.7 Å². The Morgan fingerprint density at radius 2 is 2.12 bits per heavy atom. The third-order valence-corrected chi connectivity index (χ3v) is 3.80. The Balaban J connectivity index is 0.00000312. The first kappa shape index (κ1) is 21.0. The summed E-state index contributed by atoms with van der Waals surface area (Å²) in [5, 5.41) is 4.10. The highest BCUT2D eigenvalue weighted by Crippen LogP contribution is 2.29. The highest BCUT2D eigenvalue weighted by molar-refractivity contribution is 6.33. The van der Waals surface area contributed by atoms with Crippen LogP contribution in [-0.4, -0.2) is 42.2 Å². The van der Waals surface area contributed by atoms with E-state index in [1.54, 1.807) is 21.1 Å². The molecule has 0 saturated carbocycles. The van der Waals surface area contributed by atoms with Gasteiger partial charge >= 0.3 is 0 Å². The van der Waals surface area contributed by atoms with Crippen LogP contribution in [0.2, 0.25) is 5.02 Å². The number of nitrogens with zero attached hydrogens (tertiary/aromatic N) is 3. The number of benzene rings is 1. The molecule has 138 valence electrons. The summed E-state index contributed by atoms with van der Waals surface area (Å²) >= 11 is 6.00. The molecule has 1 atom stereocenters. The van der Waals surface area contributed by atoms with Crippen molar-refractivity contribution in [1.82, 2.24) is 15.0 Å². The average molecular weight is 391 g/mol. The Morgan fingerprint density at radius 1 is 1.44 bits per heavy atom. The largest absolute Gasteiger partial charge is 0.496 e. The molecule has 0 bridgehead atoms. The molecule has 25 heavy (non-hydrogen) atoms. The molecule has 1 unspecified atom stereocenters. The molecule has 2 N–H and O–H groups in total. The Bertz CT molecular complexity index is 738. The van der Waals surface area contributed by atoms with Gasteiger partial charge in [-0.2, -0.15) is 4.98 Å². The van der Waals surface area contributed by atoms with Gasteiger partial charge in [0.05, 0.1) is 29.9 Å². The van der Waals surface area contributed by atoms with E-state index in [-0.39, 0.29) is 36.0 Å². The standard InChI is InChI=1S/C15H19ClN4O4.ClH/c1-8(22-3)14-18-13(24-19-14)7-20(2)15(21)9-5-10(16)11(17)6-12(9)23-4;/h5-6,8H,7,17H2,1-4H3;1H. The molecule has 0 aliphatic rings. The van der Waals surface area contributed by atoms with Crippen molar-refractivity contribution in [3.63, 3.8) is 0 Å². The van der Waals surface area contributed by atoms with Crippen molar-refractivity contribution in [2.45, 2.75) is 19.6 Å². The van der Waals surface area contributed by atoms with E-state index >= 15 is 0 Å². The Morgan fingerprint density at radius 3 is 2.72 bits per heavy atom. The lowest BCUT2D eigenvalue weighted by atomic mass is 10.1. The third-order valence-electron chi connectivity index (χ3n) is 3.47. The predicted molar refractivity (Wildman–Crippen MR) is 95.2 cm³/mol. The normalized spacial score (nSPS) is 11.6. The van der Waals surface area contributed by atoms with Gasteiger partial charge < -0.3 is 24.6 Å². The van der Waals surface area contributed by atoms with Crippen molar-refractivity contribution in [3.8, 4) is 5.75 Å². The molecule has 0 radical (unpaired) electrons. The monoisotopic (exact) mass is 390 g/mol. The first-order valence-electron chi connectivity index (χ1n) is 7.11. The van der Waals surface area contributed by atoms with E-state index in [0.717, 1.165) is 0 Å². The molecule has 1 aromatic carbocycles. The number of nitrogens with two attached hydrogens (primary N) is 1. The highest BCUT2D eigenvalue weighted by atomic mass is 35.5. The molecule has 8 nitrogen and oxygen atoms in total. The fraction of sp³-hybridized carbons (Fsp3) is 0.400. The van der Waals surface area contributed by atoms with Crippen molar-refractivity contribution in [2.24, 2.45) is 0 Å².